The van der Waals surface area contributed by atoms with E-state index >= 15 is 0 Å². The van der Waals surface area contributed by atoms with Gasteiger partial charge in [0.15, 0.2) is 5.75 Å². The van der Waals surface area contributed by atoms with Gasteiger partial charge in [-0.3, -0.25) is 9.78 Å². The van der Waals surface area contributed by atoms with Gasteiger partial charge in [0.1, 0.15) is 0 Å². The van der Waals surface area contributed by atoms with Gasteiger partial charge in [-0.05, 0) is 12.1 Å². The van der Waals surface area contributed by atoms with E-state index in [0.717, 1.165) is 4.31 Å². The molecule has 0 atom stereocenters. The van der Waals surface area contributed by atoms with Gasteiger partial charge in [0, 0.05) is 12.7 Å². The molecule has 1 rings (SSSR count). The molecule has 0 radical (unpaired) electrons. The Morgan fingerprint density at radius 3 is 2.65 bits per heavy atom. The molecule has 0 spiro atoms. The maximum Gasteiger partial charge on any atom is 0.320 e. The number of rotatable bonds is 6. The monoisotopic (exact) mass is 258 g/mol. The Hall–Kier alpha value is -1.47. The van der Waals surface area contributed by atoms with E-state index < -0.39 is 21.7 Å². The van der Waals surface area contributed by atoms with Crippen molar-refractivity contribution in [2.24, 2.45) is 0 Å². The van der Waals surface area contributed by atoms with Crippen LogP contribution in [-0.4, -0.2) is 41.1 Å². The van der Waals surface area contributed by atoms with Gasteiger partial charge in [-0.15, -0.1) is 0 Å². The first-order chi connectivity index (χ1) is 7.95. The summed E-state index contributed by atoms with van der Waals surface area (Å²) in [6, 6.07) is 5.17. The summed E-state index contributed by atoms with van der Waals surface area (Å²) in [4.78, 5) is 14.5. The lowest BCUT2D eigenvalue weighted by molar-refractivity contribution is -0.134. The zero-order chi connectivity index (χ0) is 12.9. The molecule has 0 saturated carbocycles. The summed E-state index contributed by atoms with van der Waals surface area (Å²) in [7, 11) is -3.78. The summed E-state index contributed by atoms with van der Waals surface area (Å²) in [5, 5.41) is 8.54. The lowest BCUT2D eigenvalue weighted by atomic mass is 10.3. The zero-order valence-electron chi connectivity index (χ0n) is 9.41. The van der Waals surface area contributed by atoms with Crippen LogP contribution >= 0.6 is 0 Å². The van der Waals surface area contributed by atoms with Gasteiger partial charge in [-0.2, -0.15) is 4.31 Å². The number of hydrogen-bond acceptors (Lipinski definition) is 4. The molecule has 0 aliphatic rings. The van der Waals surface area contributed by atoms with E-state index in [4.69, 9.17) is 5.11 Å². The van der Waals surface area contributed by atoms with Crippen molar-refractivity contribution >= 4 is 16.0 Å². The van der Waals surface area contributed by atoms with E-state index in [0.29, 0.717) is 5.69 Å². The van der Waals surface area contributed by atoms with Gasteiger partial charge in [0.2, 0.25) is 10.0 Å². The molecule has 17 heavy (non-hydrogen) atoms. The van der Waals surface area contributed by atoms with Gasteiger partial charge >= 0.3 is 5.97 Å². The zero-order valence-corrected chi connectivity index (χ0v) is 10.2. The third-order valence-electron chi connectivity index (χ3n) is 2.12. The molecule has 1 aromatic rings. The molecule has 0 amide bonds. The summed E-state index contributed by atoms with van der Waals surface area (Å²) < 4.78 is 24.5. The summed E-state index contributed by atoms with van der Waals surface area (Å²) in [6.45, 7) is 1.96. The first kappa shape index (κ1) is 13.6. The fraction of sp³-hybridized carbons (Fsp3) is 0.400. The van der Waals surface area contributed by atoms with Crippen LogP contribution in [0.15, 0.2) is 24.4 Å². The van der Waals surface area contributed by atoms with Crippen molar-refractivity contribution < 1.29 is 18.3 Å². The number of carboxylic acid groups (broad SMARTS) is 1. The molecule has 6 nitrogen and oxygen atoms in total. The fourth-order valence-corrected chi connectivity index (χ4v) is 2.54. The maximum atomic E-state index is 11.7. The van der Waals surface area contributed by atoms with E-state index in [2.05, 4.69) is 4.98 Å². The highest BCUT2D eigenvalue weighted by Crippen LogP contribution is 2.07. The summed E-state index contributed by atoms with van der Waals surface area (Å²) in [5.41, 5.74) is 0.586. The van der Waals surface area contributed by atoms with Crippen molar-refractivity contribution in [3.05, 3.63) is 30.1 Å². The van der Waals surface area contributed by atoms with E-state index in [1.54, 1.807) is 31.3 Å². The number of pyridine rings is 1. The van der Waals surface area contributed by atoms with Crippen LogP contribution in [0.5, 0.6) is 0 Å². The molecule has 0 aliphatic heterocycles. The Balaban J connectivity index is 2.82. The van der Waals surface area contributed by atoms with Crippen LogP contribution in [0.2, 0.25) is 0 Å². The molecular weight excluding hydrogens is 244 g/mol. The van der Waals surface area contributed by atoms with Crippen molar-refractivity contribution in [1.29, 1.82) is 0 Å². The molecule has 0 fully saturated rings. The van der Waals surface area contributed by atoms with Gasteiger partial charge in [0.05, 0.1) is 12.2 Å². The number of carbonyl (C=O) groups is 1. The first-order valence-corrected chi connectivity index (χ1v) is 6.66. The molecule has 0 bridgehead atoms. The summed E-state index contributed by atoms with van der Waals surface area (Å²) >= 11 is 0. The average Bonchev–Trinajstić information content (AvgIpc) is 2.25. The summed E-state index contributed by atoms with van der Waals surface area (Å²) in [6.07, 6.45) is 1.56. The van der Waals surface area contributed by atoms with Crippen LogP contribution in [0, 0.1) is 0 Å². The SMILES string of the molecule is CCN(Cc1ccccn1)S(=O)(=O)CC(=O)O. The van der Waals surface area contributed by atoms with Crippen LogP contribution in [0.4, 0.5) is 0 Å². The van der Waals surface area contributed by atoms with Crippen LogP contribution in [0.25, 0.3) is 0 Å². The Bertz CT molecular complexity index is 472. The van der Waals surface area contributed by atoms with Gasteiger partial charge in [-0.25, -0.2) is 8.42 Å². The smallest absolute Gasteiger partial charge is 0.320 e. The molecule has 94 valence electrons. The number of hydrogen-bond donors (Lipinski definition) is 1. The van der Waals surface area contributed by atoms with Gasteiger partial charge < -0.3 is 5.11 Å². The molecule has 1 heterocycles. The molecule has 0 saturated heterocycles. The van der Waals surface area contributed by atoms with Crippen molar-refractivity contribution in [3.63, 3.8) is 0 Å². The molecule has 7 heteroatoms. The van der Waals surface area contributed by atoms with E-state index in [-0.39, 0.29) is 13.1 Å². The van der Waals surface area contributed by atoms with Crippen LogP contribution in [0.1, 0.15) is 12.6 Å². The average molecular weight is 258 g/mol. The number of carboxylic acids is 1. The predicted molar refractivity (Wildman–Crippen MR) is 61.7 cm³/mol. The van der Waals surface area contributed by atoms with E-state index in [9.17, 15) is 13.2 Å². The van der Waals surface area contributed by atoms with Gasteiger partial charge in [0.25, 0.3) is 0 Å². The van der Waals surface area contributed by atoms with Gasteiger partial charge in [-0.1, -0.05) is 13.0 Å². The van der Waals surface area contributed by atoms with Crippen molar-refractivity contribution in [1.82, 2.24) is 9.29 Å². The Kier molecular flexibility index (Phi) is 4.59. The normalized spacial score (nSPS) is 11.6. The molecule has 0 unspecified atom stereocenters. The molecule has 1 N–H and O–H groups in total. The standard InChI is InChI=1S/C10H14N2O4S/c1-2-12(17(15,16)8-10(13)14)7-9-5-3-4-6-11-9/h3-6H,2,7-8H2,1H3,(H,13,14). The number of aliphatic carboxylic acids is 1. The van der Waals surface area contributed by atoms with Crippen LogP contribution < -0.4 is 0 Å². The molecule has 0 aromatic carbocycles. The second-order valence-electron chi connectivity index (χ2n) is 3.40. The Morgan fingerprint density at radius 2 is 2.18 bits per heavy atom. The lowest BCUT2D eigenvalue weighted by Gasteiger charge is -2.18. The number of sulfonamides is 1. The minimum Gasteiger partial charge on any atom is -0.480 e. The highest BCUT2D eigenvalue weighted by molar-refractivity contribution is 7.89. The topological polar surface area (TPSA) is 87.6 Å². The second-order valence-corrected chi connectivity index (χ2v) is 5.37. The quantitative estimate of drug-likeness (QED) is 0.793. The molecule has 1 aromatic heterocycles. The Labute approximate surface area is 100.0 Å². The van der Waals surface area contributed by atoms with E-state index in [1.807, 2.05) is 0 Å². The minimum atomic E-state index is -3.78. The van der Waals surface area contributed by atoms with Crippen molar-refractivity contribution in [3.8, 4) is 0 Å². The number of nitrogens with zero attached hydrogens (tertiary/aromatic N) is 2. The van der Waals surface area contributed by atoms with Crippen LogP contribution in [0.3, 0.4) is 0 Å². The summed E-state index contributed by atoms with van der Waals surface area (Å²) in [5.74, 6) is -2.25. The predicted octanol–water partition coefficient (Wildman–Crippen LogP) is 0.318. The van der Waals surface area contributed by atoms with Crippen LogP contribution in [-0.2, 0) is 21.4 Å². The highest BCUT2D eigenvalue weighted by atomic mass is 32.2. The minimum absolute atomic E-state index is 0.0902. The van der Waals surface area contributed by atoms with Crippen molar-refractivity contribution in [2.45, 2.75) is 13.5 Å². The van der Waals surface area contributed by atoms with Crippen molar-refractivity contribution in [2.75, 3.05) is 12.3 Å². The third kappa shape index (κ3) is 4.12. The molecular formula is C10H14N2O4S. The Morgan fingerprint density at radius 1 is 1.47 bits per heavy atom. The van der Waals surface area contributed by atoms with E-state index in [1.165, 1.54) is 0 Å². The maximum absolute atomic E-state index is 11.7. The largest absolute Gasteiger partial charge is 0.480 e. The lowest BCUT2D eigenvalue weighted by Crippen LogP contribution is -2.35. The number of aromatic nitrogens is 1. The first-order valence-electron chi connectivity index (χ1n) is 5.05. The highest BCUT2D eigenvalue weighted by Gasteiger charge is 2.24. The second kappa shape index (κ2) is 5.74. The molecule has 0 aliphatic carbocycles. The fourth-order valence-electron chi connectivity index (χ4n) is 1.33. The third-order valence-corrected chi connectivity index (χ3v) is 3.90.